The average molecular weight is 1550 g/mol. The van der Waals surface area contributed by atoms with Crippen LogP contribution in [0.5, 0.6) is 40.2 Å². The van der Waals surface area contributed by atoms with Crippen LogP contribution in [0.1, 0.15) is 175 Å². The lowest BCUT2D eigenvalue weighted by molar-refractivity contribution is -0.247. The number of benzene rings is 5. The number of carbonyl (C=O) groups is 10. The molecule has 7 aliphatic rings. The lowest BCUT2D eigenvalue weighted by Crippen LogP contribution is -2.53. The molecule has 0 amide bonds. The number of aromatic nitrogens is 2. The first-order valence-electron chi connectivity index (χ1n) is 34.1. The van der Waals surface area contributed by atoms with E-state index in [2.05, 4.69) is 4.98 Å². The number of halogens is 2. The molecule has 3 aliphatic heterocycles. The van der Waals surface area contributed by atoms with E-state index in [1.54, 1.807) is 0 Å². The zero-order valence-corrected chi connectivity index (χ0v) is 58.6. The number of phenolic OH excluding ortho intramolecular Hbond substituents is 4. The number of carbonyl (C=O) groups excluding carboxylic acids is 10. The van der Waals surface area contributed by atoms with Crippen LogP contribution in [0.2, 0.25) is 0 Å². The largest absolute Gasteiger partial charge is 0.507 e. The minimum atomic E-state index is -4.33. The third kappa shape index (κ3) is 13.3. The Balaban J connectivity index is 0.827. The minimum absolute atomic E-state index is 0.0941. The number of hydrogen-bond acceptors (Lipinski definition) is 35. The smallest absolute Gasteiger partial charge is 0.351 e. The summed E-state index contributed by atoms with van der Waals surface area (Å²) >= 11 is 0. The van der Waals surface area contributed by atoms with Crippen LogP contribution in [-0.4, -0.2) is 227 Å². The number of nitrogens with two attached hydrogens (primary N) is 3. The van der Waals surface area contributed by atoms with Gasteiger partial charge in [-0.05, 0) is 44.2 Å². The molecule has 1 unspecified atom stereocenters. The first-order valence-corrected chi connectivity index (χ1v) is 34.1. The number of ketones is 6. The Bertz CT molecular complexity index is 4780. The fraction of sp³-hybridized carbons (Fsp3) is 0.397. The SMILES string of the molecule is COc1cccc2c1C(=O)c1c(O)c3c(c(O)c1C2=O)C[C@@](O)(C(=O)COC(=O)c1cc(C(=O)OC[C@H]2OC(n4ccc(N)nc4=O)C(F)(F)[C@H]2O)cc(C(=O)OCC(=O)[C@]2(O)Cc4c(O)c5c(c(O)c4[C@@H](O[C@@H]4C[C@@H](N)[C@@H](O)[C@@H](C)O4)C2)C(=O)c2c(OC)cccc2C5=O)c1OC=O)C[C@@H]3O[C@@H]1C[C@@H](N)[C@@H](O)[C@@H](C)O1. The Morgan fingerprint density at radius 2 is 1.06 bits per heavy atom. The number of Topliss-reactive ketones (excluding diaryl/α,β-unsaturated/α-hetero) is 2. The summed E-state index contributed by atoms with van der Waals surface area (Å²) in [4.78, 5) is 159. The van der Waals surface area contributed by atoms with Crippen molar-refractivity contribution in [3.63, 3.8) is 0 Å². The molecule has 0 saturated carbocycles. The highest BCUT2D eigenvalue weighted by Crippen LogP contribution is 2.56. The van der Waals surface area contributed by atoms with Gasteiger partial charge in [-0.15, -0.1) is 0 Å². The summed E-state index contributed by atoms with van der Waals surface area (Å²) in [5.41, 5.74) is 1.10. The van der Waals surface area contributed by atoms with Gasteiger partial charge in [0.25, 0.3) is 6.47 Å². The highest BCUT2D eigenvalue weighted by atomic mass is 19.3. The summed E-state index contributed by atoms with van der Waals surface area (Å²) in [6.07, 6.45) is -22.6. The Kier molecular flexibility index (Phi) is 20.6. The summed E-state index contributed by atoms with van der Waals surface area (Å²) in [5.74, 6) is -22.6. The third-order valence-corrected chi connectivity index (χ3v) is 20.8. The summed E-state index contributed by atoms with van der Waals surface area (Å²) in [6.45, 7) is -2.03. The van der Waals surface area contributed by atoms with Crippen LogP contribution in [0, 0.1) is 0 Å². The van der Waals surface area contributed by atoms with Gasteiger partial charge in [0.05, 0.1) is 89.8 Å². The monoisotopic (exact) mass is 1550 g/mol. The number of aromatic hydroxyl groups is 4. The highest BCUT2D eigenvalue weighted by molar-refractivity contribution is 6.32. The second kappa shape index (κ2) is 29.3. The maximum Gasteiger partial charge on any atom is 0.351 e. The number of esters is 3. The predicted octanol–water partition coefficient (Wildman–Crippen LogP) is 0.470. The molecular formula is C73H69F2N5O31. The number of aliphatic hydroxyl groups excluding tert-OH is 3. The third-order valence-electron chi connectivity index (χ3n) is 20.8. The second-order valence-electron chi connectivity index (χ2n) is 27.6. The van der Waals surface area contributed by atoms with E-state index in [0.29, 0.717) is 12.1 Å². The van der Waals surface area contributed by atoms with Crippen molar-refractivity contribution in [2.75, 3.05) is 39.8 Å². The number of ether oxygens (including phenoxy) is 11. The lowest BCUT2D eigenvalue weighted by Gasteiger charge is -2.42. The van der Waals surface area contributed by atoms with Gasteiger partial charge in [-0.25, -0.2) is 19.2 Å². The van der Waals surface area contributed by atoms with Gasteiger partial charge in [0.1, 0.15) is 75.4 Å². The Hall–Kier alpha value is -11.1. The number of nitrogens with zero attached hydrogens (tertiary/aromatic N) is 2. The van der Waals surface area contributed by atoms with Crippen molar-refractivity contribution in [1.29, 1.82) is 0 Å². The van der Waals surface area contributed by atoms with E-state index < -0.39 is 297 Å². The molecule has 3 saturated heterocycles. The molecule has 5 aromatic carbocycles. The fourth-order valence-corrected chi connectivity index (χ4v) is 15.1. The van der Waals surface area contributed by atoms with E-state index in [1.807, 2.05) is 0 Å². The topological polar surface area (TPSA) is 567 Å². The van der Waals surface area contributed by atoms with Gasteiger partial charge in [-0.1, -0.05) is 24.3 Å². The van der Waals surface area contributed by atoms with Crippen LogP contribution in [-0.2, 0) is 65.1 Å². The van der Waals surface area contributed by atoms with Gasteiger partial charge >= 0.3 is 29.5 Å². The predicted molar refractivity (Wildman–Crippen MR) is 361 cm³/mol. The average Bonchev–Trinajstić information content (AvgIpc) is 0.995. The molecule has 15 atom stereocenters. The van der Waals surface area contributed by atoms with E-state index in [9.17, 15) is 98.7 Å². The van der Waals surface area contributed by atoms with E-state index in [-0.39, 0.29) is 57.0 Å². The van der Waals surface area contributed by atoms with Gasteiger partial charge < -0.3 is 115 Å². The van der Waals surface area contributed by atoms with Crippen LogP contribution < -0.4 is 37.1 Å². The maximum absolute atomic E-state index is 15.7. The number of nitrogen functional groups attached to an aromatic ring is 1. The Morgan fingerprint density at radius 3 is 1.48 bits per heavy atom. The molecule has 4 heterocycles. The molecule has 15 N–H and O–H groups in total. The van der Waals surface area contributed by atoms with Gasteiger partial charge in [0.2, 0.25) is 29.4 Å². The summed E-state index contributed by atoms with van der Waals surface area (Å²) in [6, 6.07) is 7.75. The van der Waals surface area contributed by atoms with Crippen molar-refractivity contribution < 1.29 is 155 Å². The molecule has 0 radical (unpaired) electrons. The fourth-order valence-electron chi connectivity index (χ4n) is 15.1. The number of methoxy groups -OCH3 is 2. The number of aliphatic hydroxyl groups is 5. The molecule has 3 fully saturated rings. The Morgan fingerprint density at radius 1 is 0.622 bits per heavy atom. The van der Waals surface area contributed by atoms with E-state index in [0.717, 1.165) is 12.3 Å². The lowest BCUT2D eigenvalue weighted by atomic mass is 9.72. The summed E-state index contributed by atoms with van der Waals surface area (Å²) < 4.78 is 93.0. The molecule has 13 rings (SSSR count). The normalized spacial score (nSPS) is 27.6. The number of alkyl halides is 2. The molecular weight excluding hydrogens is 1480 g/mol. The van der Waals surface area contributed by atoms with Gasteiger partial charge in [-0.2, -0.15) is 13.8 Å². The number of anilines is 1. The number of hydrogen-bond donors (Lipinski definition) is 12. The van der Waals surface area contributed by atoms with E-state index in [1.165, 1.54) is 64.5 Å². The van der Waals surface area contributed by atoms with Crippen molar-refractivity contribution >= 4 is 64.9 Å². The van der Waals surface area contributed by atoms with Crippen LogP contribution in [0.4, 0.5) is 14.6 Å². The molecule has 0 bridgehead atoms. The van der Waals surface area contributed by atoms with Gasteiger partial charge in [0.15, 0.2) is 49.2 Å². The van der Waals surface area contributed by atoms with Crippen molar-refractivity contribution in [2.24, 2.45) is 11.5 Å². The molecule has 38 heteroatoms. The zero-order valence-electron chi connectivity index (χ0n) is 58.6. The van der Waals surface area contributed by atoms with Crippen molar-refractivity contribution in [2.45, 2.75) is 149 Å². The molecule has 6 aromatic rings. The standard InChI is InChI=1S/C73H69F2N5O31/c1-25-54(84)34(76)15-44(107-25)109-38-19-71(99,17-32-48(38)62(92)52-50(58(32)88)56(86)28-7-5-9-36(101-3)46(28)60(52)90)41(82)22-104-67(96)30-13-27(66(95)103-21-40-65(94)73(74,75)69(111-40)80-12-11-43(78)79-70(80)98)14-31(64(30)106-24-81)68(97)105-23-42(83)72(100)18-33-49(39(20-72)110-45-16-35(77)55(85)26(2)108-45)63(93)53-51(59(33)89)57(87)29-8-6-10-37(102-4)47(29)61(53)91/h5-14,24-26,34-35,38-40,44-45,54-55,65,69,84-85,88-89,92-94,99-100H,15-23,76-77H2,1-4H3,(H2,78,79,98)/t25-,26-,34-,35-,38+,39+,40-,44-,45-,54+,55+,65+,69?,71+,72+/m1/s1. The van der Waals surface area contributed by atoms with Gasteiger partial charge in [-0.3, -0.25) is 38.1 Å². The van der Waals surface area contributed by atoms with Crippen molar-refractivity contribution in [3.05, 3.63) is 155 Å². The molecule has 36 nitrogen and oxygen atoms in total. The van der Waals surface area contributed by atoms with Crippen molar-refractivity contribution in [1.82, 2.24) is 9.55 Å². The number of phenols is 4. The molecule has 0 spiro atoms. The Labute approximate surface area is 622 Å². The minimum Gasteiger partial charge on any atom is -0.507 e. The second-order valence-corrected chi connectivity index (χ2v) is 27.6. The van der Waals surface area contributed by atoms with Crippen LogP contribution >= 0.6 is 0 Å². The number of rotatable bonds is 20. The maximum atomic E-state index is 15.7. The highest BCUT2D eigenvalue weighted by Gasteiger charge is 2.61. The first kappa shape index (κ1) is 78.0. The zero-order chi connectivity index (χ0) is 80.3. The molecule has 586 valence electrons. The van der Waals surface area contributed by atoms with Crippen LogP contribution in [0.15, 0.2) is 65.6 Å². The molecule has 1 aromatic heterocycles. The summed E-state index contributed by atoms with van der Waals surface area (Å²) in [7, 11) is 2.41. The van der Waals surface area contributed by atoms with Gasteiger partial charge in [0, 0.05) is 90.2 Å². The molecule has 4 aliphatic carbocycles. The quantitative estimate of drug-likeness (QED) is 0.0214. The van der Waals surface area contributed by atoms with Crippen LogP contribution in [0.25, 0.3) is 0 Å². The summed E-state index contributed by atoms with van der Waals surface area (Å²) in [5, 5.41) is 106. The van der Waals surface area contributed by atoms with Crippen LogP contribution in [0.3, 0.4) is 0 Å². The van der Waals surface area contributed by atoms with Crippen molar-refractivity contribution in [3.8, 4) is 40.2 Å². The first-order chi connectivity index (χ1) is 52.5. The van der Waals surface area contributed by atoms with E-state index in [4.69, 9.17) is 69.3 Å². The molecule has 111 heavy (non-hydrogen) atoms. The number of fused-ring (bicyclic) bond motifs is 6. The van der Waals surface area contributed by atoms with E-state index >= 15 is 8.78 Å².